The van der Waals surface area contributed by atoms with Gasteiger partial charge in [-0.15, -0.1) is 0 Å². The number of aliphatic hydroxyl groups is 1. The van der Waals surface area contributed by atoms with Gasteiger partial charge in [-0.25, -0.2) is 4.98 Å². The van der Waals surface area contributed by atoms with Gasteiger partial charge in [0.2, 0.25) is 5.89 Å². The van der Waals surface area contributed by atoms with E-state index in [1.54, 1.807) is 13.4 Å². The van der Waals surface area contributed by atoms with Crippen LogP contribution in [0.5, 0.6) is 11.5 Å². The Hall–Kier alpha value is -2.79. The molecule has 0 amide bonds. The SMILES string of the molecule is COc1ccc(-c2nc(COc3ccccc3CO)co2)cc1. The first-order valence-electron chi connectivity index (χ1n) is 7.20. The van der Waals surface area contributed by atoms with E-state index in [9.17, 15) is 5.11 Å². The third-order valence-electron chi connectivity index (χ3n) is 3.41. The molecular weight excluding hydrogens is 294 g/mol. The van der Waals surface area contributed by atoms with Crippen LogP contribution in [0.15, 0.2) is 59.2 Å². The number of para-hydroxylation sites is 1. The average Bonchev–Trinajstić information content (AvgIpc) is 3.09. The molecule has 0 saturated carbocycles. The average molecular weight is 311 g/mol. The fourth-order valence-corrected chi connectivity index (χ4v) is 2.17. The molecule has 0 unspecified atom stereocenters. The summed E-state index contributed by atoms with van der Waals surface area (Å²) >= 11 is 0. The van der Waals surface area contributed by atoms with Crippen LogP contribution in [0.1, 0.15) is 11.3 Å². The summed E-state index contributed by atoms with van der Waals surface area (Å²) in [4.78, 5) is 4.41. The topological polar surface area (TPSA) is 64.7 Å². The van der Waals surface area contributed by atoms with Crippen molar-refractivity contribution in [2.45, 2.75) is 13.2 Å². The second-order valence-electron chi connectivity index (χ2n) is 4.93. The van der Waals surface area contributed by atoms with Gasteiger partial charge in [0.05, 0.1) is 13.7 Å². The fraction of sp³-hybridized carbons (Fsp3) is 0.167. The van der Waals surface area contributed by atoms with Gasteiger partial charge in [-0.3, -0.25) is 0 Å². The van der Waals surface area contributed by atoms with E-state index in [1.165, 1.54) is 0 Å². The van der Waals surface area contributed by atoms with Crippen molar-refractivity contribution in [1.82, 2.24) is 4.98 Å². The molecule has 1 heterocycles. The second-order valence-corrected chi connectivity index (χ2v) is 4.93. The molecule has 1 aromatic heterocycles. The Balaban J connectivity index is 1.69. The van der Waals surface area contributed by atoms with Gasteiger partial charge in [-0.05, 0) is 30.3 Å². The Bertz CT molecular complexity index is 765. The summed E-state index contributed by atoms with van der Waals surface area (Å²) in [6.45, 7) is 0.211. The van der Waals surface area contributed by atoms with Crippen molar-refractivity contribution in [2.75, 3.05) is 7.11 Å². The summed E-state index contributed by atoms with van der Waals surface area (Å²) in [7, 11) is 1.62. The lowest BCUT2D eigenvalue weighted by molar-refractivity contribution is 0.257. The molecule has 3 rings (SSSR count). The number of nitrogens with zero attached hydrogens (tertiary/aromatic N) is 1. The molecule has 0 fully saturated rings. The third kappa shape index (κ3) is 3.52. The van der Waals surface area contributed by atoms with E-state index in [4.69, 9.17) is 13.9 Å². The zero-order chi connectivity index (χ0) is 16.1. The Morgan fingerprint density at radius 3 is 2.61 bits per heavy atom. The van der Waals surface area contributed by atoms with Gasteiger partial charge in [0, 0.05) is 11.1 Å². The zero-order valence-electron chi connectivity index (χ0n) is 12.7. The van der Waals surface area contributed by atoms with Crippen molar-refractivity contribution >= 4 is 0 Å². The van der Waals surface area contributed by atoms with Crippen LogP contribution in [0.2, 0.25) is 0 Å². The number of oxazole rings is 1. The van der Waals surface area contributed by atoms with Crippen molar-refractivity contribution in [3.63, 3.8) is 0 Å². The first-order chi connectivity index (χ1) is 11.3. The zero-order valence-corrected chi connectivity index (χ0v) is 12.7. The summed E-state index contributed by atoms with van der Waals surface area (Å²) < 4.78 is 16.3. The van der Waals surface area contributed by atoms with E-state index in [0.29, 0.717) is 17.3 Å². The predicted octanol–water partition coefficient (Wildman–Crippen LogP) is 3.42. The van der Waals surface area contributed by atoms with Crippen molar-refractivity contribution in [3.8, 4) is 23.0 Å². The molecule has 0 radical (unpaired) electrons. The highest BCUT2D eigenvalue weighted by Crippen LogP contribution is 2.23. The van der Waals surface area contributed by atoms with Gasteiger partial charge in [-0.1, -0.05) is 18.2 Å². The minimum Gasteiger partial charge on any atom is -0.497 e. The fourth-order valence-electron chi connectivity index (χ4n) is 2.17. The molecule has 0 aliphatic heterocycles. The molecule has 23 heavy (non-hydrogen) atoms. The van der Waals surface area contributed by atoms with E-state index < -0.39 is 0 Å². The highest BCUT2D eigenvalue weighted by atomic mass is 16.5. The molecule has 0 spiro atoms. The van der Waals surface area contributed by atoms with Crippen molar-refractivity contribution in [1.29, 1.82) is 0 Å². The van der Waals surface area contributed by atoms with Crippen LogP contribution >= 0.6 is 0 Å². The molecule has 0 atom stereocenters. The molecule has 0 bridgehead atoms. The molecule has 5 nitrogen and oxygen atoms in total. The molecular formula is C18H17NO4. The van der Waals surface area contributed by atoms with Crippen LogP contribution in [0.4, 0.5) is 0 Å². The first kappa shape index (κ1) is 15.1. The summed E-state index contributed by atoms with van der Waals surface area (Å²) in [6, 6.07) is 14.8. The minimum atomic E-state index is -0.0634. The molecule has 0 aliphatic carbocycles. The number of methoxy groups -OCH3 is 1. The first-order valence-corrected chi connectivity index (χ1v) is 7.20. The van der Waals surface area contributed by atoms with Gasteiger partial charge in [0.15, 0.2) is 0 Å². The standard InChI is InChI=1S/C18H17NO4/c1-21-16-8-6-13(7-9-16)18-19-15(12-23-18)11-22-17-5-3-2-4-14(17)10-20/h2-9,12,20H,10-11H2,1H3. The molecule has 0 aliphatic rings. The normalized spacial score (nSPS) is 10.5. The maximum atomic E-state index is 9.29. The maximum absolute atomic E-state index is 9.29. The Morgan fingerprint density at radius 2 is 1.87 bits per heavy atom. The van der Waals surface area contributed by atoms with E-state index in [1.807, 2.05) is 48.5 Å². The van der Waals surface area contributed by atoms with Gasteiger partial charge in [-0.2, -0.15) is 0 Å². The number of hydrogen-bond acceptors (Lipinski definition) is 5. The highest BCUT2D eigenvalue weighted by molar-refractivity contribution is 5.54. The molecule has 0 saturated heterocycles. The summed E-state index contributed by atoms with van der Waals surface area (Å²) in [5.74, 6) is 1.95. The smallest absolute Gasteiger partial charge is 0.226 e. The molecule has 5 heteroatoms. The van der Waals surface area contributed by atoms with Gasteiger partial charge < -0.3 is 19.0 Å². The summed E-state index contributed by atoms with van der Waals surface area (Å²) in [5, 5.41) is 9.29. The van der Waals surface area contributed by atoms with E-state index >= 15 is 0 Å². The lowest BCUT2D eigenvalue weighted by atomic mass is 10.2. The number of benzene rings is 2. The van der Waals surface area contributed by atoms with Crippen LogP contribution in [-0.2, 0) is 13.2 Å². The number of ether oxygens (including phenoxy) is 2. The van der Waals surface area contributed by atoms with Crippen LogP contribution in [-0.4, -0.2) is 17.2 Å². The lowest BCUT2D eigenvalue weighted by Gasteiger charge is -2.07. The lowest BCUT2D eigenvalue weighted by Crippen LogP contribution is -1.98. The monoisotopic (exact) mass is 311 g/mol. The van der Waals surface area contributed by atoms with Crippen molar-refractivity contribution < 1.29 is 19.0 Å². The Kier molecular flexibility index (Phi) is 4.59. The Labute approximate surface area is 134 Å². The third-order valence-corrected chi connectivity index (χ3v) is 3.41. The number of rotatable bonds is 6. The molecule has 2 aromatic carbocycles. The van der Waals surface area contributed by atoms with E-state index in [2.05, 4.69) is 4.98 Å². The van der Waals surface area contributed by atoms with E-state index in [0.717, 1.165) is 16.9 Å². The number of hydrogen-bond donors (Lipinski definition) is 1. The summed E-state index contributed by atoms with van der Waals surface area (Å²) in [6.07, 6.45) is 1.57. The van der Waals surface area contributed by atoms with Gasteiger partial charge >= 0.3 is 0 Å². The maximum Gasteiger partial charge on any atom is 0.226 e. The Morgan fingerprint density at radius 1 is 1.09 bits per heavy atom. The van der Waals surface area contributed by atoms with Crippen LogP contribution in [0, 0.1) is 0 Å². The van der Waals surface area contributed by atoms with Crippen LogP contribution in [0.3, 0.4) is 0 Å². The second kappa shape index (κ2) is 6.98. The number of aliphatic hydroxyl groups excluding tert-OH is 1. The minimum absolute atomic E-state index is 0.0634. The van der Waals surface area contributed by atoms with Crippen LogP contribution < -0.4 is 9.47 Å². The predicted molar refractivity (Wildman–Crippen MR) is 85.2 cm³/mol. The van der Waals surface area contributed by atoms with E-state index in [-0.39, 0.29) is 13.2 Å². The van der Waals surface area contributed by atoms with Gasteiger partial charge in [0.1, 0.15) is 30.1 Å². The van der Waals surface area contributed by atoms with Crippen LogP contribution in [0.25, 0.3) is 11.5 Å². The van der Waals surface area contributed by atoms with Gasteiger partial charge in [0.25, 0.3) is 0 Å². The number of aromatic nitrogens is 1. The largest absolute Gasteiger partial charge is 0.497 e. The highest BCUT2D eigenvalue weighted by Gasteiger charge is 2.08. The quantitative estimate of drug-likeness (QED) is 0.755. The molecule has 118 valence electrons. The molecule has 1 N–H and O–H groups in total. The van der Waals surface area contributed by atoms with Crippen molar-refractivity contribution in [2.24, 2.45) is 0 Å². The summed E-state index contributed by atoms with van der Waals surface area (Å²) in [5.41, 5.74) is 2.29. The van der Waals surface area contributed by atoms with Crippen molar-refractivity contribution in [3.05, 3.63) is 66.1 Å². The molecule has 3 aromatic rings.